The second-order valence-corrected chi connectivity index (χ2v) is 9.05. The summed E-state index contributed by atoms with van der Waals surface area (Å²) in [5.74, 6) is 0.904. The highest BCUT2D eigenvalue weighted by molar-refractivity contribution is 5.79. The van der Waals surface area contributed by atoms with E-state index in [2.05, 4.69) is 56.9 Å². The number of carbonyl (C=O) groups excluding carboxylic acids is 1. The van der Waals surface area contributed by atoms with Crippen LogP contribution in [-0.4, -0.2) is 60.3 Å². The van der Waals surface area contributed by atoms with Crippen molar-refractivity contribution in [1.82, 2.24) is 15.1 Å². The molecule has 0 unspecified atom stereocenters. The van der Waals surface area contributed by atoms with Gasteiger partial charge in [0.2, 0.25) is 11.8 Å². The number of aromatic nitrogens is 2. The van der Waals surface area contributed by atoms with E-state index >= 15 is 0 Å². The first-order chi connectivity index (χ1) is 16.1. The zero-order valence-electron chi connectivity index (χ0n) is 19.4. The Bertz CT molecular complexity index is 1100. The van der Waals surface area contributed by atoms with Gasteiger partial charge in [-0.15, -0.1) is 5.10 Å². The molecule has 0 N–H and O–H groups in total. The van der Waals surface area contributed by atoms with E-state index in [1.807, 2.05) is 30.3 Å². The van der Waals surface area contributed by atoms with Gasteiger partial charge in [0, 0.05) is 56.4 Å². The molecule has 0 spiro atoms. The molecule has 2 aromatic carbocycles. The van der Waals surface area contributed by atoms with Gasteiger partial charge in [-0.25, -0.2) is 0 Å². The number of benzene rings is 2. The van der Waals surface area contributed by atoms with Crippen LogP contribution in [0.1, 0.15) is 24.0 Å². The lowest BCUT2D eigenvalue weighted by Gasteiger charge is -2.39. The molecular weight excluding hydrogens is 414 g/mol. The first-order valence-corrected chi connectivity index (χ1v) is 11.8. The van der Waals surface area contributed by atoms with Crippen molar-refractivity contribution in [2.75, 3.05) is 49.1 Å². The first-order valence-electron chi connectivity index (χ1n) is 11.8. The van der Waals surface area contributed by atoms with Gasteiger partial charge in [0.05, 0.1) is 0 Å². The zero-order chi connectivity index (χ0) is 22.8. The van der Waals surface area contributed by atoms with Gasteiger partial charge in [-0.2, -0.15) is 0 Å². The van der Waals surface area contributed by atoms with Gasteiger partial charge in [-0.05, 0) is 56.0 Å². The second kappa shape index (κ2) is 9.25. The number of piperazine rings is 1. The first kappa shape index (κ1) is 21.5. The molecule has 0 atom stereocenters. The summed E-state index contributed by atoms with van der Waals surface area (Å²) in [4.78, 5) is 19.8. The van der Waals surface area contributed by atoms with Gasteiger partial charge in [0.1, 0.15) is 0 Å². The number of aryl methyl sites for hydroxylation is 1. The molecule has 5 rings (SSSR count). The Kier molecular flexibility index (Phi) is 6.03. The van der Waals surface area contributed by atoms with Gasteiger partial charge in [-0.3, -0.25) is 4.79 Å². The normalized spacial score (nSPS) is 17.5. The molecule has 1 amide bonds. The minimum atomic E-state index is 0.0741. The quantitative estimate of drug-likeness (QED) is 0.607. The zero-order valence-corrected chi connectivity index (χ0v) is 19.4. The molecule has 2 fully saturated rings. The Balaban J connectivity index is 1.14. The third-order valence-electron chi connectivity index (χ3n) is 7.06. The highest BCUT2D eigenvalue weighted by atomic mass is 16.4. The molecule has 33 heavy (non-hydrogen) atoms. The molecule has 7 nitrogen and oxygen atoms in total. The minimum absolute atomic E-state index is 0.0741. The van der Waals surface area contributed by atoms with Crippen LogP contribution in [-0.2, 0) is 4.79 Å². The molecule has 0 saturated carbocycles. The Hall–Kier alpha value is -3.35. The van der Waals surface area contributed by atoms with Crippen LogP contribution < -0.4 is 9.80 Å². The van der Waals surface area contributed by atoms with E-state index in [-0.39, 0.29) is 5.92 Å². The molecular formula is C26H31N5O2. The lowest BCUT2D eigenvalue weighted by molar-refractivity contribution is -0.136. The third kappa shape index (κ3) is 4.45. The van der Waals surface area contributed by atoms with Crippen LogP contribution in [0.15, 0.2) is 52.9 Å². The summed E-state index contributed by atoms with van der Waals surface area (Å²) in [6, 6.07) is 16.8. The summed E-state index contributed by atoms with van der Waals surface area (Å²) >= 11 is 0. The predicted molar refractivity (Wildman–Crippen MR) is 129 cm³/mol. The van der Waals surface area contributed by atoms with Crippen molar-refractivity contribution in [3.05, 3.63) is 59.7 Å². The van der Waals surface area contributed by atoms with E-state index in [0.29, 0.717) is 17.8 Å². The largest absolute Gasteiger partial charge is 0.403 e. The van der Waals surface area contributed by atoms with Crippen molar-refractivity contribution in [1.29, 1.82) is 0 Å². The van der Waals surface area contributed by atoms with Gasteiger partial charge in [0.15, 0.2) is 0 Å². The van der Waals surface area contributed by atoms with Crippen molar-refractivity contribution in [3.8, 4) is 11.5 Å². The van der Waals surface area contributed by atoms with Crippen LogP contribution >= 0.6 is 0 Å². The Labute approximate surface area is 195 Å². The van der Waals surface area contributed by atoms with E-state index in [0.717, 1.165) is 57.7 Å². The van der Waals surface area contributed by atoms with Gasteiger partial charge in [-0.1, -0.05) is 35.4 Å². The molecule has 2 saturated heterocycles. The van der Waals surface area contributed by atoms with Crippen molar-refractivity contribution < 1.29 is 9.21 Å². The maximum absolute atomic E-state index is 13.2. The molecule has 0 radical (unpaired) electrons. The standard InChI is InChI=1S/C26H31N5O2/c1-19-7-6-10-23(20(19)2)29-15-17-30(18-16-29)25(32)22-11-13-31(14-12-22)26-28-27-24(33-26)21-8-4-3-5-9-21/h3-10,22H,11-18H2,1-2H3. The molecule has 3 heterocycles. The monoisotopic (exact) mass is 445 g/mol. The van der Waals surface area contributed by atoms with Gasteiger partial charge < -0.3 is 19.1 Å². The van der Waals surface area contributed by atoms with Crippen LogP contribution in [0.3, 0.4) is 0 Å². The molecule has 7 heteroatoms. The average molecular weight is 446 g/mol. The van der Waals surface area contributed by atoms with E-state index < -0.39 is 0 Å². The number of anilines is 2. The van der Waals surface area contributed by atoms with E-state index in [9.17, 15) is 4.79 Å². The molecule has 3 aromatic rings. The number of hydrogen-bond donors (Lipinski definition) is 0. The summed E-state index contributed by atoms with van der Waals surface area (Å²) in [6.07, 6.45) is 1.64. The second-order valence-electron chi connectivity index (χ2n) is 9.05. The number of hydrogen-bond acceptors (Lipinski definition) is 6. The fourth-order valence-corrected chi connectivity index (χ4v) is 4.86. The topological polar surface area (TPSA) is 65.7 Å². The molecule has 0 aliphatic carbocycles. The predicted octanol–water partition coefficient (Wildman–Crippen LogP) is 3.92. The maximum Gasteiger partial charge on any atom is 0.318 e. The smallest absolute Gasteiger partial charge is 0.318 e. The van der Waals surface area contributed by atoms with Gasteiger partial charge in [0.25, 0.3) is 0 Å². The summed E-state index contributed by atoms with van der Waals surface area (Å²) < 4.78 is 5.90. The molecule has 2 aliphatic heterocycles. The van der Waals surface area contributed by atoms with Crippen molar-refractivity contribution >= 4 is 17.6 Å². The lowest BCUT2D eigenvalue weighted by Crippen LogP contribution is -2.52. The SMILES string of the molecule is Cc1cccc(N2CCN(C(=O)C3CCN(c4nnc(-c5ccccc5)o4)CC3)CC2)c1C. The minimum Gasteiger partial charge on any atom is -0.403 e. The van der Waals surface area contributed by atoms with E-state index in [1.54, 1.807) is 0 Å². The Morgan fingerprint density at radius 3 is 2.30 bits per heavy atom. The number of carbonyl (C=O) groups is 1. The third-order valence-corrected chi connectivity index (χ3v) is 7.06. The Morgan fingerprint density at radius 2 is 1.58 bits per heavy atom. The van der Waals surface area contributed by atoms with Crippen molar-refractivity contribution in [3.63, 3.8) is 0 Å². The molecule has 2 aliphatic rings. The maximum atomic E-state index is 13.2. The van der Waals surface area contributed by atoms with Crippen LogP contribution in [0.5, 0.6) is 0 Å². The van der Waals surface area contributed by atoms with E-state index in [1.165, 1.54) is 16.8 Å². The van der Waals surface area contributed by atoms with Crippen LogP contribution in [0, 0.1) is 19.8 Å². The van der Waals surface area contributed by atoms with Gasteiger partial charge >= 0.3 is 6.01 Å². The number of nitrogens with zero attached hydrogens (tertiary/aromatic N) is 5. The number of amides is 1. The summed E-state index contributed by atoms with van der Waals surface area (Å²) in [6.45, 7) is 9.21. The fourth-order valence-electron chi connectivity index (χ4n) is 4.86. The lowest BCUT2D eigenvalue weighted by atomic mass is 9.95. The van der Waals surface area contributed by atoms with Crippen molar-refractivity contribution in [2.24, 2.45) is 5.92 Å². The van der Waals surface area contributed by atoms with Crippen LogP contribution in [0.2, 0.25) is 0 Å². The van der Waals surface area contributed by atoms with Crippen LogP contribution in [0.25, 0.3) is 11.5 Å². The highest BCUT2D eigenvalue weighted by Crippen LogP contribution is 2.28. The van der Waals surface area contributed by atoms with Crippen molar-refractivity contribution in [2.45, 2.75) is 26.7 Å². The Morgan fingerprint density at radius 1 is 0.848 bits per heavy atom. The molecule has 172 valence electrons. The van der Waals surface area contributed by atoms with Crippen LogP contribution in [0.4, 0.5) is 11.7 Å². The average Bonchev–Trinajstić information content (AvgIpc) is 3.37. The summed E-state index contributed by atoms with van der Waals surface area (Å²) in [5.41, 5.74) is 4.86. The molecule has 1 aromatic heterocycles. The summed E-state index contributed by atoms with van der Waals surface area (Å²) in [5, 5.41) is 8.43. The summed E-state index contributed by atoms with van der Waals surface area (Å²) in [7, 11) is 0. The molecule has 0 bridgehead atoms. The van der Waals surface area contributed by atoms with E-state index in [4.69, 9.17) is 4.42 Å². The number of piperidine rings is 1. The number of rotatable bonds is 4. The fraction of sp³-hybridized carbons (Fsp3) is 0.423. The highest BCUT2D eigenvalue weighted by Gasteiger charge is 2.32.